The molecule has 7 nitrogen and oxygen atoms in total. The van der Waals surface area contributed by atoms with Crippen molar-refractivity contribution in [3.8, 4) is 11.3 Å². The number of benzene rings is 1. The highest BCUT2D eigenvalue weighted by Crippen LogP contribution is 2.25. The van der Waals surface area contributed by atoms with E-state index in [9.17, 15) is 4.79 Å². The normalized spacial score (nSPS) is 16.6. The predicted octanol–water partition coefficient (Wildman–Crippen LogP) is 2.50. The number of anilines is 1. The minimum absolute atomic E-state index is 0.156. The molecule has 1 aliphatic rings. The zero-order chi connectivity index (χ0) is 17.9. The minimum atomic E-state index is -0.156. The van der Waals surface area contributed by atoms with Crippen LogP contribution in [0.2, 0.25) is 0 Å². The van der Waals surface area contributed by atoms with Gasteiger partial charge in [0.1, 0.15) is 5.82 Å². The number of aromatic amines is 1. The van der Waals surface area contributed by atoms with Gasteiger partial charge in [-0.15, -0.1) is 0 Å². The molecule has 7 heteroatoms. The first-order chi connectivity index (χ1) is 12.7. The molecule has 1 unspecified atom stereocenters. The second-order valence-electron chi connectivity index (χ2n) is 6.41. The van der Waals surface area contributed by atoms with E-state index in [0.29, 0.717) is 17.3 Å². The van der Waals surface area contributed by atoms with Gasteiger partial charge in [0.05, 0.1) is 23.1 Å². The van der Waals surface area contributed by atoms with Crippen molar-refractivity contribution < 1.29 is 4.79 Å². The van der Waals surface area contributed by atoms with E-state index in [2.05, 4.69) is 30.8 Å². The molecule has 26 heavy (non-hydrogen) atoms. The maximum Gasteiger partial charge on any atom is 0.259 e. The van der Waals surface area contributed by atoms with Gasteiger partial charge in [-0.25, -0.2) is 9.97 Å². The summed E-state index contributed by atoms with van der Waals surface area (Å²) >= 11 is 0. The number of carbonyl (C=O) groups is 1. The molecule has 1 aromatic carbocycles. The molecule has 3 heterocycles. The summed E-state index contributed by atoms with van der Waals surface area (Å²) in [6.45, 7) is 3.68. The minimum Gasteiger partial charge on any atom is -0.322 e. The van der Waals surface area contributed by atoms with Crippen molar-refractivity contribution in [2.45, 2.75) is 19.3 Å². The number of aromatic nitrogens is 4. The zero-order valence-corrected chi connectivity index (χ0v) is 14.5. The van der Waals surface area contributed by atoms with Gasteiger partial charge in [-0.2, -0.15) is 5.10 Å². The fourth-order valence-corrected chi connectivity index (χ4v) is 3.26. The van der Waals surface area contributed by atoms with Crippen LogP contribution < -0.4 is 10.6 Å². The van der Waals surface area contributed by atoms with Crippen LogP contribution in [0.25, 0.3) is 11.3 Å². The molecule has 0 radical (unpaired) electrons. The SMILES string of the molecule is Cc1nccc(-c2cccc(NC(=O)c3cn[nH]c3C3CCNC3)c2)n1. The Morgan fingerprint density at radius 1 is 1.31 bits per heavy atom. The number of nitrogens with one attached hydrogen (secondary N) is 3. The van der Waals surface area contributed by atoms with Crippen LogP contribution in [0.4, 0.5) is 5.69 Å². The summed E-state index contributed by atoms with van der Waals surface area (Å²) in [6.07, 6.45) is 4.34. The molecule has 1 atom stereocenters. The summed E-state index contributed by atoms with van der Waals surface area (Å²) in [5.74, 6) is 0.857. The maximum absolute atomic E-state index is 12.7. The number of hydrogen-bond donors (Lipinski definition) is 3. The molecular formula is C19H20N6O. The molecule has 0 bridgehead atoms. The predicted molar refractivity (Wildman–Crippen MR) is 99.0 cm³/mol. The van der Waals surface area contributed by atoms with Crippen LogP contribution in [0, 0.1) is 6.92 Å². The number of aryl methyl sites for hydroxylation is 1. The summed E-state index contributed by atoms with van der Waals surface area (Å²) in [7, 11) is 0. The van der Waals surface area contributed by atoms with E-state index < -0.39 is 0 Å². The third-order valence-electron chi connectivity index (χ3n) is 4.57. The van der Waals surface area contributed by atoms with Crippen LogP contribution in [0.15, 0.2) is 42.7 Å². The maximum atomic E-state index is 12.7. The highest BCUT2D eigenvalue weighted by Gasteiger charge is 2.24. The lowest BCUT2D eigenvalue weighted by molar-refractivity contribution is 0.102. The van der Waals surface area contributed by atoms with Crippen molar-refractivity contribution in [3.63, 3.8) is 0 Å². The van der Waals surface area contributed by atoms with Crippen molar-refractivity contribution in [3.05, 3.63) is 59.8 Å². The van der Waals surface area contributed by atoms with Crippen molar-refractivity contribution in [1.82, 2.24) is 25.5 Å². The van der Waals surface area contributed by atoms with E-state index >= 15 is 0 Å². The molecule has 1 saturated heterocycles. The fraction of sp³-hybridized carbons (Fsp3) is 0.263. The van der Waals surface area contributed by atoms with Crippen LogP contribution in [0.1, 0.15) is 34.2 Å². The van der Waals surface area contributed by atoms with E-state index in [-0.39, 0.29) is 5.91 Å². The summed E-state index contributed by atoms with van der Waals surface area (Å²) in [5, 5.41) is 13.3. The van der Waals surface area contributed by atoms with Crippen LogP contribution in [-0.2, 0) is 0 Å². The number of hydrogen-bond acceptors (Lipinski definition) is 5. The average molecular weight is 348 g/mol. The zero-order valence-electron chi connectivity index (χ0n) is 14.5. The number of rotatable bonds is 4. The van der Waals surface area contributed by atoms with Crippen LogP contribution in [0.3, 0.4) is 0 Å². The van der Waals surface area contributed by atoms with Gasteiger partial charge < -0.3 is 10.6 Å². The van der Waals surface area contributed by atoms with Gasteiger partial charge in [0, 0.05) is 29.9 Å². The number of carbonyl (C=O) groups excluding carboxylic acids is 1. The Hall–Kier alpha value is -3.06. The average Bonchev–Trinajstić information content (AvgIpc) is 3.33. The number of nitrogens with zero attached hydrogens (tertiary/aromatic N) is 3. The Bertz CT molecular complexity index is 929. The molecular weight excluding hydrogens is 328 g/mol. The smallest absolute Gasteiger partial charge is 0.259 e. The molecule has 0 spiro atoms. The molecule has 2 aromatic heterocycles. The van der Waals surface area contributed by atoms with Crippen LogP contribution >= 0.6 is 0 Å². The van der Waals surface area contributed by atoms with E-state index in [4.69, 9.17) is 0 Å². The fourth-order valence-electron chi connectivity index (χ4n) is 3.26. The molecule has 0 aliphatic carbocycles. The molecule has 0 saturated carbocycles. The summed E-state index contributed by atoms with van der Waals surface area (Å²) < 4.78 is 0. The third kappa shape index (κ3) is 3.34. The van der Waals surface area contributed by atoms with Crippen molar-refractivity contribution in [2.75, 3.05) is 18.4 Å². The number of H-pyrrole nitrogens is 1. The molecule has 3 N–H and O–H groups in total. The highest BCUT2D eigenvalue weighted by molar-refractivity contribution is 6.05. The van der Waals surface area contributed by atoms with Gasteiger partial charge in [0.25, 0.3) is 5.91 Å². The lowest BCUT2D eigenvalue weighted by atomic mass is 10.0. The summed E-state index contributed by atoms with van der Waals surface area (Å²) in [6, 6.07) is 9.50. The molecule has 1 aliphatic heterocycles. The van der Waals surface area contributed by atoms with Gasteiger partial charge in [-0.05, 0) is 38.1 Å². The Kier molecular flexibility index (Phi) is 4.45. The quantitative estimate of drug-likeness (QED) is 0.673. The molecule has 1 amide bonds. The largest absolute Gasteiger partial charge is 0.322 e. The highest BCUT2D eigenvalue weighted by atomic mass is 16.1. The first-order valence-electron chi connectivity index (χ1n) is 8.66. The Morgan fingerprint density at radius 2 is 2.23 bits per heavy atom. The molecule has 132 valence electrons. The van der Waals surface area contributed by atoms with Crippen molar-refractivity contribution in [1.29, 1.82) is 0 Å². The van der Waals surface area contributed by atoms with Gasteiger partial charge in [0.2, 0.25) is 0 Å². The summed E-state index contributed by atoms with van der Waals surface area (Å²) in [5.41, 5.74) is 3.98. The standard InChI is InChI=1S/C19H20N6O/c1-12-21-8-6-17(23-12)13-3-2-4-15(9-13)24-19(26)16-11-22-25-18(16)14-5-7-20-10-14/h2-4,6,8-9,11,14,20H,5,7,10H2,1H3,(H,22,25)(H,24,26). The van der Waals surface area contributed by atoms with E-state index in [0.717, 1.165) is 42.1 Å². The molecule has 1 fully saturated rings. The van der Waals surface area contributed by atoms with Gasteiger partial charge in [-0.1, -0.05) is 12.1 Å². The van der Waals surface area contributed by atoms with Gasteiger partial charge >= 0.3 is 0 Å². The lowest BCUT2D eigenvalue weighted by Gasteiger charge is -2.10. The van der Waals surface area contributed by atoms with E-state index in [1.165, 1.54) is 0 Å². The first-order valence-corrected chi connectivity index (χ1v) is 8.66. The monoisotopic (exact) mass is 348 g/mol. The Labute approximate surface area is 151 Å². The van der Waals surface area contributed by atoms with Gasteiger partial charge in [-0.3, -0.25) is 9.89 Å². The summed E-state index contributed by atoms with van der Waals surface area (Å²) in [4.78, 5) is 21.3. The topological polar surface area (TPSA) is 95.6 Å². The van der Waals surface area contributed by atoms with Crippen LogP contribution in [-0.4, -0.2) is 39.2 Å². The number of amides is 1. The first kappa shape index (κ1) is 16.4. The third-order valence-corrected chi connectivity index (χ3v) is 4.57. The van der Waals surface area contributed by atoms with Crippen molar-refractivity contribution >= 4 is 11.6 Å². The van der Waals surface area contributed by atoms with Gasteiger partial charge in [0.15, 0.2) is 0 Å². The molecule has 4 rings (SSSR count). The second-order valence-corrected chi connectivity index (χ2v) is 6.41. The molecule has 3 aromatic rings. The van der Waals surface area contributed by atoms with E-state index in [1.54, 1.807) is 12.4 Å². The van der Waals surface area contributed by atoms with Crippen LogP contribution in [0.5, 0.6) is 0 Å². The van der Waals surface area contributed by atoms with E-state index in [1.807, 2.05) is 37.3 Å². The lowest BCUT2D eigenvalue weighted by Crippen LogP contribution is -2.16. The van der Waals surface area contributed by atoms with Crippen molar-refractivity contribution in [2.24, 2.45) is 0 Å². The Morgan fingerprint density at radius 3 is 3.04 bits per heavy atom. The second kappa shape index (κ2) is 7.05. The Balaban J connectivity index is 1.55.